The fourth-order valence-electron chi connectivity index (χ4n) is 2.93. The maximum atomic E-state index is 12.1. The fraction of sp³-hybridized carbons (Fsp3) is 0.714. The molecule has 1 fully saturated rings. The highest BCUT2D eigenvalue weighted by molar-refractivity contribution is 5.78. The molecule has 2 rings (SSSR count). The first-order valence-electron chi connectivity index (χ1n) is 7.04. The Morgan fingerprint density at radius 3 is 2.84 bits per heavy atom. The SMILES string of the molecule is CC(CO)(NC(=O)Cc1ccn[nH]1)C1CCCCC1. The van der Waals surface area contributed by atoms with Crippen LogP contribution in [-0.2, 0) is 11.2 Å². The second-order valence-electron chi connectivity index (χ2n) is 5.72. The van der Waals surface area contributed by atoms with E-state index >= 15 is 0 Å². The van der Waals surface area contributed by atoms with Crippen LogP contribution in [0.4, 0.5) is 0 Å². The molecule has 1 heterocycles. The number of carbonyl (C=O) groups excluding carboxylic acids is 1. The molecule has 5 heteroatoms. The number of amides is 1. The van der Waals surface area contributed by atoms with E-state index in [-0.39, 0.29) is 18.9 Å². The van der Waals surface area contributed by atoms with Gasteiger partial charge in [0.1, 0.15) is 0 Å². The molecule has 1 aliphatic carbocycles. The second kappa shape index (κ2) is 6.19. The Hall–Kier alpha value is -1.36. The molecule has 1 atom stereocenters. The van der Waals surface area contributed by atoms with Gasteiger partial charge in [-0.2, -0.15) is 5.10 Å². The van der Waals surface area contributed by atoms with Gasteiger partial charge in [0.05, 0.1) is 18.6 Å². The average Bonchev–Trinajstić information content (AvgIpc) is 2.92. The molecule has 0 spiro atoms. The molecule has 3 N–H and O–H groups in total. The van der Waals surface area contributed by atoms with Gasteiger partial charge >= 0.3 is 0 Å². The van der Waals surface area contributed by atoms with Gasteiger partial charge in [-0.05, 0) is 31.7 Å². The van der Waals surface area contributed by atoms with Crippen molar-refractivity contribution in [1.82, 2.24) is 15.5 Å². The largest absolute Gasteiger partial charge is 0.394 e. The number of aromatic amines is 1. The van der Waals surface area contributed by atoms with Crippen molar-refractivity contribution in [2.45, 2.75) is 51.0 Å². The van der Waals surface area contributed by atoms with Crippen LogP contribution >= 0.6 is 0 Å². The molecule has 1 amide bonds. The van der Waals surface area contributed by atoms with E-state index in [9.17, 15) is 9.90 Å². The van der Waals surface area contributed by atoms with Crippen LogP contribution in [0, 0.1) is 5.92 Å². The third-order valence-corrected chi connectivity index (χ3v) is 4.17. The molecule has 0 radical (unpaired) electrons. The number of H-pyrrole nitrogens is 1. The van der Waals surface area contributed by atoms with Crippen LogP contribution in [0.15, 0.2) is 12.3 Å². The molecule has 19 heavy (non-hydrogen) atoms. The van der Waals surface area contributed by atoms with E-state index in [0.717, 1.165) is 18.5 Å². The highest BCUT2D eigenvalue weighted by atomic mass is 16.3. The van der Waals surface area contributed by atoms with Gasteiger partial charge in [-0.15, -0.1) is 0 Å². The van der Waals surface area contributed by atoms with Gasteiger partial charge in [0, 0.05) is 11.9 Å². The average molecular weight is 265 g/mol. The lowest BCUT2D eigenvalue weighted by Crippen LogP contribution is -2.55. The molecule has 0 bridgehead atoms. The summed E-state index contributed by atoms with van der Waals surface area (Å²) in [4.78, 5) is 12.1. The molecule has 5 nitrogen and oxygen atoms in total. The molecule has 106 valence electrons. The molecule has 0 aliphatic heterocycles. The number of carbonyl (C=O) groups is 1. The van der Waals surface area contributed by atoms with Gasteiger partial charge in [0.2, 0.25) is 5.91 Å². The van der Waals surface area contributed by atoms with Gasteiger partial charge in [-0.3, -0.25) is 9.89 Å². The summed E-state index contributed by atoms with van der Waals surface area (Å²) in [7, 11) is 0. The van der Waals surface area contributed by atoms with Crippen molar-refractivity contribution in [3.8, 4) is 0 Å². The Balaban J connectivity index is 1.94. The maximum absolute atomic E-state index is 12.1. The number of rotatable bonds is 5. The molecule has 1 unspecified atom stereocenters. The minimum Gasteiger partial charge on any atom is -0.394 e. The van der Waals surface area contributed by atoms with E-state index in [1.54, 1.807) is 12.3 Å². The van der Waals surface area contributed by atoms with E-state index in [2.05, 4.69) is 15.5 Å². The first-order valence-corrected chi connectivity index (χ1v) is 7.04. The first kappa shape index (κ1) is 14.1. The van der Waals surface area contributed by atoms with Crippen LogP contribution in [0.2, 0.25) is 0 Å². The lowest BCUT2D eigenvalue weighted by Gasteiger charge is -2.39. The summed E-state index contributed by atoms with van der Waals surface area (Å²) in [5.41, 5.74) is 0.291. The van der Waals surface area contributed by atoms with Gasteiger partial charge in [-0.25, -0.2) is 0 Å². The number of nitrogens with one attached hydrogen (secondary N) is 2. The van der Waals surface area contributed by atoms with Crippen LogP contribution in [0.5, 0.6) is 0 Å². The Bertz CT molecular complexity index is 399. The van der Waals surface area contributed by atoms with Crippen molar-refractivity contribution >= 4 is 5.91 Å². The maximum Gasteiger partial charge on any atom is 0.226 e. The lowest BCUT2D eigenvalue weighted by molar-refractivity contribution is -0.123. The standard InChI is InChI=1S/C14H23N3O2/c1-14(10-18,11-5-3-2-4-6-11)16-13(19)9-12-7-8-15-17-12/h7-8,11,18H,2-6,9-10H2,1H3,(H,15,17)(H,16,19). The minimum atomic E-state index is -0.502. The van der Waals surface area contributed by atoms with Crippen LogP contribution < -0.4 is 5.32 Å². The van der Waals surface area contributed by atoms with Crippen molar-refractivity contribution in [2.24, 2.45) is 5.92 Å². The first-order chi connectivity index (χ1) is 9.14. The molecular weight excluding hydrogens is 242 g/mol. The minimum absolute atomic E-state index is 0.00756. The zero-order chi connectivity index (χ0) is 13.7. The summed E-state index contributed by atoms with van der Waals surface area (Å²) < 4.78 is 0. The quantitative estimate of drug-likeness (QED) is 0.753. The highest BCUT2D eigenvalue weighted by Gasteiger charge is 2.35. The van der Waals surface area contributed by atoms with Crippen LogP contribution in [-0.4, -0.2) is 33.4 Å². The van der Waals surface area contributed by atoms with Gasteiger partial charge in [-0.1, -0.05) is 19.3 Å². The van der Waals surface area contributed by atoms with Crippen molar-refractivity contribution in [2.75, 3.05) is 6.61 Å². The molecule has 0 saturated heterocycles. The van der Waals surface area contributed by atoms with E-state index in [1.165, 1.54) is 19.3 Å². The summed E-state index contributed by atoms with van der Waals surface area (Å²) in [5.74, 6) is 0.309. The Labute approximate surface area is 113 Å². The van der Waals surface area contributed by atoms with Crippen LogP contribution in [0.25, 0.3) is 0 Å². The van der Waals surface area contributed by atoms with Gasteiger partial charge in [0.25, 0.3) is 0 Å². The monoisotopic (exact) mass is 265 g/mol. The molecule has 1 aliphatic rings. The summed E-state index contributed by atoms with van der Waals surface area (Å²) in [6, 6.07) is 1.79. The Morgan fingerprint density at radius 1 is 1.53 bits per heavy atom. The third-order valence-electron chi connectivity index (χ3n) is 4.17. The Kier molecular flexibility index (Phi) is 4.58. The van der Waals surface area contributed by atoms with Crippen molar-refractivity contribution in [1.29, 1.82) is 0 Å². The second-order valence-corrected chi connectivity index (χ2v) is 5.72. The van der Waals surface area contributed by atoms with Crippen molar-refractivity contribution in [3.63, 3.8) is 0 Å². The fourth-order valence-corrected chi connectivity index (χ4v) is 2.93. The highest BCUT2D eigenvalue weighted by Crippen LogP contribution is 2.32. The normalized spacial score (nSPS) is 19.9. The van der Waals surface area contributed by atoms with E-state index < -0.39 is 5.54 Å². The summed E-state index contributed by atoms with van der Waals surface area (Å²) >= 11 is 0. The topological polar surface area (TPSA) is 78.0 Å². The molecule has 1 aromatic rings. The number of aliphatic hydroxyl groups is 1. The zero-order valence-corrected chi connectivity index (χ0v) is 11.5. The zero-order valence-electron chi connectivity index (χ0n) is 11.5. The van der Waals surface area contributed by atoms with Crippen LogP contribution in [0.1, 0.15) is 44.7 Å². The predicted molar refractivity (Wildman–Crippen MR) is 72.5 cm³/mol. The van der Waals surface area contributed by atoms with Crippen molar-refractivity contribution in [3.05, 3.63) is 18.0 Å². The summed E-state index contributed by atoms with van der Waals surface area (Å²) in [6.45, 7) is 1.94. The number of aromatic nitrogens is 2. The van der Waals surface area contributed by atoms with E-state index in [4.69, 9.17) is 0 Å². The smallest absolute Gasteiger partial charge is 0.226 e. The van der Waals surface area contributed by atoms with Gasteiger partial charge < -0.3 is 10.4 Å². The van der Waals surface area contributed by atoms with E-state index in [1.807, 2.05) is 6.92 Å². The summed E-state index contributed by atoms with van der Waals surface area (Å²) in [6.07, 6.45) is 7.73. The number of aliphatic hydroxyl groups excluding tert-OH is 1. The Morgan fingerprint density at radius 2 is 2.26 bits per heavy atom. The molecule has 1 aromatic heterocycles. The van der Waals surface area contributed by atoms with E-state index in [0.29, 0.717) is 5.92 Å². The van der Waals surface area contributed by atoms with Crippen molar-refractivity contribution < 1.29 is 9.90 Å². The molecular formula is C14H23N3O2. The molecule has 1 saturated carbocycles. The number of hydrogen-bond donors (Lipinski definition) is 3. The molecule has 0 aromatic carbocycles. The lowest BCUT2D eigenvalue weighted by atomic mass is 9.76. The van der Waals surface area contributed by atoms with Gasteiger partial charge in [0.15, 0.2) is 0 Å². The number of hydrogen-bond acceptors (Lipinski definition) is 3. The predicted octanol–water partition coefficient (Wildman–Crippen LogP) is 1.40. The number of nitrogens with zero attached hydrogens (tertiary/aromatic N) is 1. The summed E-state index contributed by atoms with van der Waals surface area (Å²) in [5, 5.41) is 19.3. The third kappa shape index (κ3) is 3.56. The van der Waals surface area contributed by atoms with Crippen LogP contribution in [0.3, 0.4) is 0 Å².